The average molecular weight is 992 g/mol. The van der Waals surface area contributed by atoms with E-state index in [0.29, 0.717) is 37.0 Å². The summed E-state index contributed by atoms with van der Waals surface area (Å²) in [6, 6.07) is 22.3. The van der Waals surface area contributed by atoms with E-state index in [4.69, 9.17) is 28.9 Å². The number of rotatable bonds is 11. The van der Waals surface area contributed by atoms with Gasteiger partial charge in [0.15, 0.2) is 11.5 Å². The summed E-state index contributed by atoms with van der Waals surface area (Å²) in [4.78, 5) is 87.1. The summed E-state index contributed by atoms with van der Waals surface area (Å²) >= 11 is 0. The molecule has 2 fully saturated rings. The van der Waals surface area contributed by atoms with Crippen molar-refractivity contribution in [2.75, 3.05) is 40.8 Å². The number of nitrogens with zero attached hydrogens (tertiary/aromatic N) is 6. The standard InChI is InChI=1S/C55H61N9O9/c1-31(2)48(59-53(67)70-5)51(65)63-21-9-14-44(63)42-20-19-35(24-56-42)39-11-8-12-40-38(10-7-13-41(39)40)33-15-17-34(18-16-33)43-25-57-50(58-43)45-28-62(29-64(45)52(66)49(32(3)4)60-54(68)71-6)55(69)61-26-36-22-46-47(73-30-72-46)23-37(36)27-61/h7-8,10-13,15-18,22-25,31-32,44-45,48-49H,9,14,19-21,26-30H2,1-6H3,(H,57,58)(H,59,67)(H,60,68)/t44-,45-,48-,49-/m0/s1. The highest BCUT2D eigenvalue weighted by atomic mass is 16.7. The number of aromatic nitrogens is 2. The van der Waals surface area contributed by atoms with Crippen LogP contribution in [0.4, 0.5) is 14.4 Å². The van der Waals surface area contributed by atoms with Crippen LogP contribution in [0.5, 0.6) is 11.5 Å². The minimum Gasteiger partial charge on any atom is -0.454 e. The summed E-state index contributed by atoms with van der Waals surface area (Å²) in [6.45, 7) is 9.26. The van der Waals surface area contributed by atoms with Crippen molar-refractivity contribution in [2.24, 2.45) is 16.8 Å². The third kappa shape index (κ3) is 9.53. The molecule has 1 aromatic heterocycles. The highest BCUT2D eigenvalue weighted by Gasteiger charge is 2.44. The van der Waals surface area contributed by atoms with Crippen LogP contribution in [0.25, 0.3) is 38.7 Å². The van der Waals surface area contributed by atoms with Crippen LogP contribution in [0.2, 0.25) is 0 Å². The average Bonchev–Trinajstić information content (AvgIpc) is 4.28. The van der Waals surface area contributed by atoms with Crippen molar-refractivity contribution in [3.05, 3.63) is 108 Å². The molecule has 18 nitrogen and oxygen atoms in total. The van der Waals surface area contributed by atoms with Gasteiger partial charge < -0.3 is 54.2 Å². The molecule has 73 heavy (non-hydrogen) atoms. The minimum atomic E-state index is -0.911. The molecule has 0 spiro atoms. The third-order valence-corrected chi connectivity index (χ3v) is 14.8. The molecule has 0 saturated carbocycles. The Kier molecular flexibility index (Phi) is 13.6. The van der Waals surface area contributed by atoms with Gasteiger partial charge in [-0.1, -0.05) is 88.4 Å². The number of aliphatic imine (C=N–C) groups is 1. The Balaban J connectivity index is 0.868. The largest absolute Gasteiger partial charge is 0.454 e. The molecule has 0 bridgehead atoms. The fourth-order valence-corrected chi connectivity index (χ4v) is 10.8. The van der Waals surface area contributed by atoms with E-state index in [1.54, 1.807) is 20.9 Å². The predicted molar refractivity (Wildman–Crippen MR) is 273 cm³/mol. The Hall–Kier alpha value is -7.89. The van der Waals surface area contributed by atoms with Gasteiger partial charge in [0.05, 0.1) is 45.4 Å². The number of fused-ring (bicyclic) bond motifs is 3. The van der Waals surface area contributed by atoms with Gasteiger partial charge >= 0.3 is 18.2 Å². The SMILES string of the molecule is COC(=O)N[C@H](C(=O)N1CCC[C@H]1C1=NC=C(c2cccc3c(-c4ccc(-c5cnc([C@@H]6CN(C(=O)N7Cc8cc9c(cc8C7)OCO9)CN6C(=O)[C@@H](NC(=O)OC)C(C)C)[nH]5)cc4)cccc23)CC1)C(C)C. The molecule has 0 unspecified atom stereocenters. The van der Waals surface area contributed by atoms with Crippen molar-refractivity contribution in [1.82, 2.24) is 40.2 Å². The number of nitrogens with one attached hydrogen (secondary N) is 3. The Labute approximate surface area is 423 Å². The lowest BCUT2D eigenvalue weighted by atomic mass is 9.89. The number of aromatic amines is 1. The number of carbonyl (C=O) groups is 5. The first-order valence-corrected chi connectivity index (χ1v) is 25.0. The number of urea groups is 1. The number of carbonyl (C=O) groups excluding carboxylic acids is 5. The van der Waals surface area contributed by atoms with Crippen LogP contribution in [0.1, 0.15) is 81.9 Å². The van der Waals surface area contributed by atoms with Gasteiger partial charge in [-0.2, -0.15) is 0 Å². The van der Waals surface area contributed by atoms with Crippen LogP contribution in [0.15, 0.2) is 90.2 Å². The Morgan fingerprint density at radius 2 is 1.33 bits per heavy atom. The maximum absolute atomic E-state index is 14.4. The zero-order valence-corrected chi connectivity index (χ0v) is 42.0. The van der Waals surface area contributed by atoms with Crippen molar-refractivity contribution < 1.29 is 42.9 Å². The van der Waals surface area contributed by atoms with E-state index in [9.17, 15) is 24.0 Å². The summed E-state index contributed by atoms with van der Waals surface area (Å²) in [7, 11) is 2.55. The van der Waals surface area contributed by atoms with E-state index in [2.05, 4.69) is 64.1 Å². The van der Waals surface area contributed by atoms with E-state index < -0.39 is 30.3 Å². The second kappa shape index (κ2) is 20.3. The molecular formula is C55H61N9O9. The van der Waals surface area contributed by atoms with Crippen LogP contribution in [0.3, 0.4) is 0 Å². The van der Waals surface area contributed by atoms with Gasteiger partial charge in [0.2, 0.25) is 18.6 Å². The van der Waals surface area contributed by atoms with E-state index in [0.717, 1.165) is 86.8 Å². The van der Waals surface area contributed by atoms with E-state index in [1.807, 2.05) is 63.1 Å². The lowest BCUT2D eigenvalue weighted by Gasteiger charge is -2.32. The van der Waals surface area contributed by atoms with E-state index >= 15 is 0 Å². The Morgan fingerprint density at radius 3 is 1.93 bits per heavy atom. The zero-order chi connectivity index (χ0) is 51.1. The fourth-order valence-electron chi connectivity index (χ4n) is 10.8. The number of hydrogen-bond acceptors (Lipinski definition) is 11. The van der Waals surface area contributed by atoms with Gasteiger partial charge in [-0.15, -0.1) is 0 Å². The number of hydrogen-bond donors (Lipinski definition) is 3. The number of methoxy groups -OCH3 is 2. The maximum atomic E-state index is 14.4. The molecule has 0 aliphatic carbocycles. The monoisotopic (exact) mass is 991 g/mol. The van der Waals surface area contributed by atoms with Gasteiger partial charge in [-0.05, 0) is 99.4 Å². The van der Waals surface area contributed by atoms with Crippen molar-refractivity contribution in [1.29, 1.82) is 0 Å². The lowest BCUT2D eigenvalue weighted by molar-refractivity contribution is -0.136. The molecule has 5 aliphatic heterocycles. The van der Waals surface area contributed by atoms with Gasteiger partial charge in [0, 0.05) is 31.5 Å². The smallest absolute Gasteiger partial charge is 0.407 e. The van der Waals surface area contributed by atoms with Crippen molar-refractivity contribution >= 4 is 52.1 Å². The van der Waals surface area contributed by atoms with Crippen LogP contribution in [0, 0.1) is 11.8 Å². The second-order valence-corrected chi connectivity index (χ2v) is 19.9. The lowest BCUT2D eigenvalue weighted by Crippen LogP contribution is -2.53. The van der Waals surface area contributed by atoms with Crippen LogP contribution in [-0.2, 0) is 32.2 Å². The van der Waals surface area contributed by atoms with Crippen molar-refractivity contribution in [2.45, 2.75) is 90.6 Å². The number of imidazole rings is 1. The first kappa shape index (κ1) is 48.7. The minimum absolute atomic E-state index is 0.00771. The highest BCUT2D eigenvalue weighted by molar-refractivity contribution is 6.04. The quantitative estimate of drug-likeness (QED) is 0.116. The number of alkyl carbamates (subject to hydrolysis) is 2. The summed E-state index contributed by atoms with van der Waals surface area (Å²) in [5.41, 5.74) is 8.93. The molecule has 5 aromatic rings. The summed E-state index contributed by atoms with van der Waals surface area (Å²) in [6.07, 6.45) is 5.57. The normalized spacial score (nSPS) is 19.0. The first-order chi connectivity index (χ1) is 35.3. The van der Waals surface area contributed by atoms with Gasteiger partial charge in [0.1, 0.15) is 23.9 Å². The number of allylic oxidation sites excluding steroid dienone is 1. The number of H-pyrrole nitrogens is 1. The van der Waals surface area contributed by atoms with E-state index in [1.165, 1.54) is 14.2 Å². The number of likely N-dealkylation sites (tertiary alicyclic amines) is 1. The van der Waals surface area contributed by atoms with Crippen LogP contribution in [-0.4, -0.2) is 124 Å². The zero-order valence-electron chi connectivity index (χ0n) is 42.0. The summed E-state index contributed by atoms with van der Waals surface area (Å²) in [5, 5.41) is 7.66. The number of ether oxygens (including phenoxy) is 4. The van der Waals surface area contributed by atoms with Gasteiger partial charge in [0.25, 0.3) is 0 Å². The molecule has 5 aliphatic rings. The molecule has 0 radical (unpaired) electrons. The molecule has 4 atom stereocenters. The molecule has 18 heteroatoms. The van der Waals surface area contributed by atoms with E-state index in [-0.39, 0.29) is 55.7 Å². The molecular weight excluding hydrogens is 931 g/mol. The molecule has 6 amide bonds. The topological polar surface area (TPSA) is 200 Å². The van der Waals surface area contributed by atoms with Crippen LogP contribution < -0.4 is 20.1 Å². The fraction of sp³-hybridized carbons (Fsp3) is 0.400. The van der Waals surface area contributed by atoms with Gasteiger partial charge in [-0.3, -0.25) is 14.6 Å². The van der Waals surface area contributed by atoms with Crippen molar-refractivity contribution in [3.8, 4) is 33.9 Å². The molecule has 380 valence electrons. The highest BCUT2D eigenvalue weighted by Crippen LogP contribution is 2.40. The third-order valence-electron chi connectivity index (χ3n) is 14.8. The van der Waals surface area contributed by atoms with Crippen molar-refractivity contribution in [3.63, 3.8) is 0 Å². The molecule has 10 rings (SSSR count). The molecule has 6 heterocycles. The number of amides is 6. The van der Waals surface area contributed by atoms with Crippen LogP contribution >= 0.6 is 0 Å². The maximum Gasteiger partial charge on any atom is 0.407 e. The molecule has 2 saturated heterocycles. The van der Waals surface area contributed by atoms with Gasteiger partial charge in [-0.25, -0.2) is 19.4 Å². The Bertz CT molecular complexity index is 3000. The Morgan fingerprint density at radius 1 is 0.726 bits per heavy atom. The predicted octanol–water partition coefficient (Wildman–Crippen LogP) is 8.23. The summed E-state index contributed by atoms with van der Waals surface area (Å²) < 4.78 is 20.9. The number of benzene rings is 4. The molecule has 3 N–H and O–H groups in total. The molecule has 4 aromatic carbocycles. The summed E-state index contributed by atoms with van der Waals surface area (Å²) in [5.74, 6) is 0.981. The second-order valence-electron chi connectivity index (χ2n) is 19.9. The first-order valence-electron chi connectivity index (χ1n) is 25.0.